The predicted octanol–water partition coefficient (Wildman–Crippen LogP) is 3.20. The van der Waals surface area contributed by atoms with Crippen molar-refractivity contribution in [1.29, 1.82) is 0 Å². The maximum Gasteiger partial charge on any atom is 0.337 e. The van der Waals surface area contributed by atoms with Gasteiger partial charge in [0.2, 0.25) is 0 Å². The molecule has 3 nitrogen and oxygen atoms in total. The Balaban J connectivity index is 2.39. The molecule has 82 valence electrons. The summed E-state index contributed by atoms with van der Waals surface area (Å²) in [6.07, 6.45) is 1.81. The molecule has 0 fully saturated rings. The number of carbonyl (C=O) groups is 1. The zero-order valence-electron chi connectivity index (χ0n) is 8.44. The van der Waals surface area contributed by atoms with Crippen molar-refractivity contribution in [3.8, 4) is 10.6 Å². The molecular weight excluding hydrogens is 337 g/mol. The van der Waals surface area contributed by atoms with E-state index in [1.807, 2.05) is 18.3 Å². The average molecular weight is 345 g/mol. The van der Waals surface area contributed by atoms with Crippen LogP contribution in [-0.4, -0.2) is 18.1 Å². The molecule has 0 N–H and O–H groups in total. The highest BCUT2D eigenvalue weighted by atomic mass is 127. The van der Waals surface area contributed by atoms with Gasteiger partial charge in [0.25, 0.3) is 0 Å². The van der Waals surface area contributed by atoms with Crippen LogP contribution in [0, 0.1) is 2.88 Å². The van der Waals surface area contributed by atoms with Gasteiger partial charge in [0, 0.05) is 5.56 Å². The number of aromatic nitrogens is 1. The summed E-state index contributed by atoms with van der Waals surface area (Å²) >= 11 is 3.81. The van der Waals surface area contributed by atoms with Crippen molar-refractivity contribution >= 4 is 39.9 Å². The summed E-state index contributed by atoms with van der Waals surface area (Å²) in [6, 6.07) is 7.28. The van der Waals surface area contributed by atoms with E-state index in [-0.39, 0.29) is 5.97 Å². The number of nitrogens with zero attached hydrogens (tertiary/aromatic N) is 1. The predicted molar refractivity (Wildman–Crippen MR) is 71.6 cm³/mol. The first-order valence-corrected chi connectivity index (χ1v) is 6.40. The molecule has 1 aromatic heterocycles. The molecule has 16 heavy (non-hydrogen) atoms. The van der Waals surface area contributed by atoms with Gasteiger partial charge in [0.15, 0.2) is 0 Å². The molecule has 0 saturated carbocycles. The lowest BCUT2D eigenvalue weighted by atomic mass is 10.1. The van der Waals surface area contributed by atoms with Gasteiger partial charge < -0.3 is 4.74 Å². The summed E-state index contributed by atoms with van der Waals surface area (Å²) in [4.78, 5) is 15.6. The first kappa shape index (κ1) is 11.5. The SMILES string of the molecule is COC(=O)c1cccc(-c2ncc(I)s2)c1. The molecule has 0 aliphatic heterocycles. The lowest BCUT2D eigenvalue weighted by Crippen LogP contribution is -2.00. The molecule has 0 atom stereocenters. The Bertz CT molecular complexity index is 524. The number of methoxy groups -OCH3 is 1. The number of thiazole rings is 1. The van der Waals surface area contributed by atoms with Gasteiger partial charge in [0.1, 0.15) is 5.01 Å². The van der Waals surface area contributed by atoms with E-state index in [1.165, 1.54) is 7.11 Å². The Kier molecular flexibility index (Phi) is 3.55. The van der Waals surface area contributed by atoms with Crippen LogP contribution in [0.15, 0.2) is 30.5 Å². The smallest absolute Gasteiger partial charge is 0.337 e. The van der Waals surface area contributed by atoms with Crippen molar-refractivity contribution in [3.63, 3.8) is 0 Å². The average Bonchev–Trinajstić information content (AvgIpc) is 2.75. The van der Waals surface area contributed by atoms with Gasteiger partial charge >= 0.3 is 5.97 Å². The van der Waals surface area contributed by atoms with Crippen molar-refractivity contribution < 1.29 is 9.53 Å². The Morgan fingerprint density at radius 3 is 2.94 bits per heavy atom. The summed E-state index contributed by atoms with van der Waals surface area (Å²) in [5, 5.41) is 0.912. The third kappa shape index (κ3) is 2.41. The van der Waals surface area contributed by atoms with E-state index in [2.05, 4.69) is 32.3 Å². The minimum Gasteiger partial charge on any atom is -0.465 e. The second-order valence-corrected chi connectivity index (χ2v) is 5.97. The maximum atomic E-state index is 11.4. The molecular formula is C11H8INO2S. The number of ether oxygens (including phenoxy) is 1. The summed E-state index contributed by atoms with van der Waals surface area (Å²) < 4.78 is 5.80. The highest BCUT2D eigenvalue weighted by Crippen LogP contribution is 2.26. The fraction of sp³-hybridized carbons (Fsp3) is 0.0909. The Hall–Kier alpha value is -0.950. The molecule has 2 aromatic rings. The molecule has 2 rings (SSSR count). The molecule has 0 aliphatic carbocycles. The minimum atomic E-state index is -0.326. The lowest BCUT2D eigenvalue weighted by molar-refractivity contribution is 0.0601. The fourth-order valence-corrected chi connectivity index (χ4v) is 2.69. The molecule has 0 radical (unpaired) electrons. The first-order valence-electron chi connectivity index (χ1n) is 4.51. The van der Waals surface area contributed by atoms with Gasteiger partial charge in [-0.05, 0) is 34.7 Å². The van der Waals surface area contributed by atoms with Crippen LogP contribution in [0.5, 0.6) is 0 Å². The second kappa shape index (κ2) is 4.92. The minimum absolute atomic E-state index is 0.326. The van der Waals surface area contributed by atoms with Crippen molar-refractivity contribution in [3.05, 3.63) is 38.9 Å². The van der Waals surface area contributed by atoms with Crippen LogP contribution in [-0.2, 0) is 4.74 Å². The zero-order chi connectivity index (χ0) is 11.5. The van der Waals surface area contributed by atoms with Gasteiger partial charge in [-0.25, -0.2) is 9.78 Å². The summed E-state index contributed by atoms with van der Waals surface area (Å²) in [5.74, 6) is -0.326. The largest absolute Gasteiger partial charge is 0.465 e. The molecule has 0 bridgehead atoms. The molecule has 0 amide bonds. The highest BCUT2D eigenvalue weighted by molar-refractivity contribution is 14.1. The van der Waals surface area contributed by atoms with E-state index >= 15 is 0 Å². The molecule has 0 unspecified atom stereocenters. The molecule has 1 heterocycles. The quantitative estimate of drug-likeness (QED) is 0.620. The van der Waals surface area contributed by atoms with E-state index in [9.17, 15) is 4.79 Å². The van der Waals surface area contributed by atoms with Crippen molar-refractivity contribution in [2.45, 2.75) is 0 Å². The molecule has 0 aliphatic rings. The van der Waals surface area contributed by atoms with Crippen LogP contribution in [0.1, 0.15) is 10.4 Å². The number of carbonyl (C=O) groups excluding carboxylic acids is 1. The van der Waals surface area contributed by atoms with E-state index < -0.39 is 0 Å². The van der Waals surface area contributed by atoms with Gasteiger partial charge in [-0.3, -0.25) is 0 Å². The maximum absolute atomic E-state index is 11.4. The van der Waals surface area contributed by atoms with Crippen LogP contribution in [0.2, 0.25) is 0 Å². The van der Waals surface area contributed by atoms with Gasteiger partial charge in [-0.1, -0.05) is 12.1 Å². The molecule has 1 aromatic carbocycles. The first-order chi connectivity index (χ1) is 7.70. The van der Waals surface area contributed by atoms with Crippen LogP contribution < -0.4 is 0 Å². The monoisotopic (exact) mass is 345 g/mol. The van der Waals surface area contributed by atoms with Gasteiger partial charge in [-0.15, -0.1) is 11.3 Å². The van der Waals surface area contributed by atoms with Crippen molar-refractivity contribution in [2.75, 3.05) is 7.11 Å². The standard InChI is InChI=1S/C11H8INO2S/c1-15-11(14)8-4-2-3-7(5-8)10-13-6-9(12)16-10/h2-6H,1H3. The Morgan fingerprint density at radius 1 is 1.50 bits per heavy atom. The zero-order valence-corrected chi connectivity index (χ0v) is 11.4. The van der Waals surface area contributed by atoms with Crippen LogP contribution >= 0.6 is 33.9 Å². The van der Waals surface area contributed by atoms with Crippen LogP contribution in [0.25, 0.3) is 10.6 Å². The summed E-state index contributed by atoms with van der Waals surface area (Å²) in [5.41, 5.74) is 1.49. The summed E-state index contributed by atoms with van der Waals surface area (Å²) in [6.45, 7) is 0. The van der Waals surface area contributed by atoms with Crippen LogP contribution in [0.3, 0.4) is 0 Å². The van der Waals surface area contributed by atoms with Crippen LogP contribution in [0.4, 0.5) is 0 Å². The fourth-order valence-electron chi connectivity index (χ4n) is 1.28. The van der Waals surface area contributed by atoms with Gasteiger partial charge in [0.05, 0.1) is 21.8 Å². The number of esters is 1. The number of benzene rings is 1. The molecule has 0 spiro atoms. The second-order valence-electron chi connectivity index (χ2n) is 3.04. The van der Waals surface area contributed by atoms with E-state index in [4.69, 9.17) is 0 Å². The van der Waals surface area contributed by atoms with Crippen molar-refractivity contribution in [2.24, 2.45) is 0 Å². The molecule has 0 saturated heterocycles. The van der Waals surface area contributed by atoms with E-state index in [1.54, 1.807) is 23.5 Å². The highest BCUT2D eigenvalue weighted by Gasteiger charge is 2.08. The van der Waals surface area contributed by atoms with E-state index in [0.717, 1.165) is 13.5 Å². The molecule has 5 heteroatoms. The normalized spacial score (nSPS) is 10.1. The third-order valence-electron chi connectivity index (χ3n) is 2.01. The lowest BCUT2D eigenvalue weighted by Gasteiger charge is -2.00. The number of rotatable bonds is 2. The third-order valence-corrected chi connectivity index (χ3v) is 3.78. The number of hydrogen-bond donors (Lipinski definition) is 0. The Labute approximate surface area is 111 Å². The number of halogens is 1. The summed E-state index contributed by atoms with van der Waals surface area (Å²) in [7, 11) is 1.38. The topological polar surface area (TPSA) is 39.2 Å². The number of hydrogen-bond acceptors (Lipinski definition) is 4. The van der Waals surface area contributed by atoms with Gasteiger partial charge in [-0.2, -0.15) is 0 Å². The Morgan fingerprint density at radius 2 is 2.31 bits per heavy atom. The van der Waals surface area contributed by atoms with E-state index in [0.29, 0.717) is 5.56 Å². The van der Waals surface area contributed by atoms with Crippen molar-refractivity contribution in [1.82, 2.24) is 4.98 Å².